The van der Waals surface area contributed by atoms with Crippen molar-refractivity contribution in [3.63, 3.8) is 0 Å². The van der Waals surface area contributed by atoms with Gasteiger partial charge in [-0.3, -0.25) is 4.79 Å². The molecule has 2 N–H and O–H groups in total. The van der Waals surface area contributed by atoms with Gasteiger partial charge in [0, 0.05) is 6.42 Å². The minimum Gasteiger partial charge on any atom is -0.463 e. The van der Waals surface area contributed by atoms with E-state index in [-0.39, 0.29) is 25.3 Å². The average molecular weight is 284 g/mol. The van der Waals surface area contributed by atoms with Gasteiger partial charge in [-0.15, -0.1) is 0 Å². The summed E-state index contributed by atoms with van der Waals surface area (Å²) in [4.78, 5) is 34.7. The Kier molecular flexibility index (Phi) is 6.02. The molecule has 1 heterocycles. The largest absolute Gasteiger partial charge is 0.463 e. The Morgan fingerprint density at radius 2 is 1.90 bits per heavy atom. The molecule has 0 aromatic heterocycles. The van der Waals surface area contributed by atoms with Gasteiger partial charge in [-0.25, -0.2) is 9.59 Å². The number of hydrogen-bond donors (Lipinski definition) is 2. The van der Waals surface area contributed by atoms with Crippen molar-refractivity contribution in [1.82, 2.24) is 10.6 Å². The highest BCUT2D eigenvalue weighted by Gasteiger charge is 2.31. The van der Waals surface area contributed by atoms with Crippen molar-refractivity contribution < 1.29 is 23.9 Å². The molecule has 1 aliphatic heterocycles. The first kappa shape index (κ1) is 16.0. The topological polar surface area (TPSA) is 93.7 Å². The normalized spacial score (nSPS) is 18.1. The molecule has 20 heavy (non-hydrogen) atoms. The maximum Gasteiger partial charge on any atom is 0.338 e. The van der Waals surface area contributed by atoms with E-state index < -0.39 is 24.0 Å². The van der Waals surface area contributed by atoms with Gasteiger partial charge in [0.25, 0.3) is 0 Å². The highest BCUT2D eigenvalue weighted by Crippen LogP contribution is 2.17. The number of ether oxygens (including phenoxy) is 2. The lowest BCUT2D eigenvalue weighted by Gasteiger charge is -2.28. The number of nitrogens with one attached hydrogen (secondary N) is 2. The molecule has 0 aliphatic carbocycles. The van der Waals surface area contributed by atoms with E-state index in [4.69, 9.17) is 9.47 Å². The van der Waals surface area contributed by atoms with Crippen molar-refractivity contribution in [3.05, 3.63) is 11.3 Å². The number of carbonyl (C=O) groups excluding carboxylic acids is 3. The summed E-state index contributed by atoms with van der Waals surface area (Å²) in [6.45, 7) is 5.29. The highest BCUT2D eigenvalue weighted by atomic mass is 16.5. The molecule has 1 rings (SSSR count). The summed E-state index contributed by atoms with van der Waals surface area (Å²) in [7, 11) is 0. The van der Waals surface area contributed by atoms with Gasteiger partial charge >= 0.3 is 18.0 Å². The summed E-state index contributed by atoms with van der Waals surface area (Å²) in [6.07, 6.45) is 0.762. The lowest BCUT2D eigenvalue weighted by Crippen LogP contribution is -2.51. The van der Waals surface area contributed by atoms with Crippen LogP contribution in [0.5, 0.6) is 0 Å². The minimum atomic E-state index is -0.519. The van der Waals surface area contributed by atoms with Crippen LogP contribution in [0.2, 0.25) is 0 Å². The van der Waals surface area contributed by atoms with E-state index >= 15 is 0 Å². The fourth-order valence-corrected chi connectivity index (χ4v) is 1.83. The van der Waals surface area contributed by atoms with Gasteiger partial charge in [-0.05, 0) is 13.3 Å². The summed E-state index contributed by atoms with van der Waals surface area (Å²) < 4.78 is 9.97. The number of amides is 2. The zero-order valence-corrected chi connectivity index (χ0v) is 11.9. The Labute approximate surface area is 117 Å². The lowest BCUT2D eigenvalue weighted by molar-refractivity contribution is -0.143. The molecule has 0 saturated heterocycles. The number of rotatable bonds is 6. The van der Waals surface area contributed by atoms with Gasteiger partial charge in [0.1, 0.15) is 6.61 Å². The van der Waals surface area contributed by atoms with E-state index in [1.54, 1.807) is 13.8 Å². The van der Waals surface area contributed by atoms with Gasteiger partial charge < -0.3 is 20.1 Å². The van der Waals surface area contributed by atoms with Crippen molar-refractivity contribution >= 4 is 18.0 Å². The third-order valence-corrected chi connectivity index (χ3v) is 2.81. The van der Waals surface area contributed by atoms with Gasteiger partial charge in [-0.1, -0.05) is 13.8 Å². The average Bonchev–Trinajstić information content (AvgIpc) is 2.43. The van der Waals surface area contributed by atoms with E-state index in [9.17, 15) is 14.4 Å². The molecule has 0 aromatic carbocycles. The molecule has 0 unspecified atom stereocenters. The van der Waals surface area contributed by atoms with Crippen LogP contribution in [-0.2, 0) is 19.1 Å². The maximum absolute atomic E-state index is 12.0. The molecule has 7 heteroatoms. The van der Waals surface area contributed by atoms with Crippen molar-refractivity contribution in [3.8, 4) is 0 Å². The highest BCUT2D eigenvalue weighted by molar-refractivity contribution is 5.94. The number of esters is 2. The van der Waals surface area contributed by atoms with E-state index in [0.29, 0.717) is 12.0 Å². The van der Waals surface area contributed by atoms with Crippen molar-refractivity contribution in [1.29, 1.82) is 0 Å². The van der Waals surface area contributed by atoms with Crippen molar-refractivity contribution in [2.45, 2.75) is 39.7 Å². The zero-order chi connectivity index (χ0) is 15.1. The SMILES string of the molecule is CCOC(=O)C1=C(COC(=O)CC)NC(=O)N[C@H]1CC. The Morgan fingerprint density at radius 1 is 1.20 bits per heavy atom. The smallest absolute Gasteiger partial charge is 0.338 e. The number of urea groups is 1. The standard InChI is InChI=1S/C13H20N2O5/c1-4-8-11(12(17)19-6-3)9(15-13(18)14-8)7-20-10(16)5-2/h8H,4-7H2,1-3H3,(H2,14,15,18)/t8-/m0/s1. The summed E-state index contributed by atoms with van der Waals surface area (Å²) in [6, 6.07) is -0.870. The molecule has 2 amide bonds. The summed E-state index contributed by atoms with van der Waals surface area (Å²) >= 11 is 0. The molecule has 0 radical (unpaired) electrons. The summed E-state index contributed by atoms with van der Waals surface area (Å²) in [5.41, 5.74) is 0.582. The van der Waals surface area contributed by atoms with Crippen LogP contribution in [0.4, 0.5) is 4.79 Å². The van der Waals surface area contributed by atoms with E-state index in [2.05, 4.69) is 10.6 Å². The van der Waals surface area contributed by atoms with Crippen LogP contribution >= 0.6 is 0 Å². The number of carbonyl (C=O) groups is 3. The summed E-state index contributed by atoms with van der Waals surface area (Å²) in [5, 5.41) is 5.14. The van der Waals surface area contributed by atoms with Gasteiger partial charge in [0.2, 0.25) is 0 Å². The maximum atomic E-state index is 12.0. The van der Waals surface area contributed by atoms with Crippen molar-refractivity contribution in [2.24, 2.45) is 0 Å². The molecule has 1 aliphatic rings. The van der Waals surface area contributed by atoms with Gasteiger partial charge in [-0.2, -0.15) is 0 Å². The molecule has 0 bridgehead atoms. The lowest BCUT2D eigenvalue weighted by atomic mass is 10.0. The van der Waals surface area contributed by atoms with Gasteiger partial charge in [0.05, 0.1) is 23.9 Å². The van der Waals surface area contributed by atoms with E-state index in [1.807, 2.05) is 6.92 Å². The Bertz CT molecular complexity index is 430. The minimum absolute atomic E-state index is 0.148. The zero-order valence-electron chi connectivity index (χ0n) is 11.9. The Balaban J connectivity index is 3.00. The second-order valence-electron chi connectivity index (χ2n) is 4.19. The molecule has 0 saturated carbocycles. The fraction of sp³-hybridized carbons (Fsp3) is 0.615. The number of hydrogen-bond acceptors (Lipinski definition) is 5. The first-order valence-electron chi connectivity index (χ1n) is 6.66. The van der Waals surface area contributed by atoms with Crippen molar-refractivity contribution in [2.75, 3.05) is 13.2 Å². The Morgan fingerprint density at radius 3 is 2.45 bits per heavy atom. The van der Waals surface area contributed by atoms with Crippen LogP contribution in [-0.4, -0.2) is 37.2 Å². The van der Waals surface area contributed by atoms with Crippen LogP contribution in [0, 0.1) is 0 Å². The van der Waals surface area contributed by atoms with Crippen LogP contribution < -0.4 is 10.6 Å². The molecule has 7 nitrogen and oxygen atoms in total. The first-order chi connectivity index (χ1) is 9.53. The third kappa shape index (κ3) is 3.97. The molecule has 1 atom stereocenters. The molecular weight excluding hydrogens is 264 g/mol. The van der Waals surface area contributed by atoms with E-state index in [0.717, 1.165) is 0 Å². The van der Waals surface area contributed by atoms with Crippen LogP contribution in [0.1, 0.15) is 33.6 Å². The second-order valence-corrected chi connectivity index (χ2v) is 4.19. The molecule has 112 valence electrons. The molecule has 0 aromatic rings. The predicted octanol–water partition coefficient (Wildman–Crippen LogP) is 0.848. The van der Waals surface area contributed by atoms with E-state index in [1.165, 1.54) is 0 Å². The van der Waals surface area contributed by atoms with Crippen LogP contribution in [0.3, 0.4) is 0 Å². The molecule has 0 spiro atoms. The summed E-state index contributed by atoms with van der Waals surface area (Å²) in [5.74, 6) is -0.920. The second kappa shape index (κ2) is 7.52. The van der Waals surface area contributed by atoms with Gasteiger partial charge in [0.15, 0.2) is 0 Å². The quantitative estimate of drug-likeness (QED) is 0.705. The monoisotopic (exact) mass is 284 g/mol. The fourth-order valence-electron chi connectivity index (χ4n) is 1.83. The molecular formula is C13H20N2O5. The molecule has 0 fully saturated rings. The Hall–Kier alpha value is -2.05. The first-order valence-corrected chi connectivity index (χ1v) is 6.66. The van der Waals surface area contributed by atoms with Crippen LogP contribution in [0.25, 0.3) is 0 Å². The van der Waals surface area contributed by atoms with Crippen LogP contribution in [0.15, 0.2) is 11.3 Å². The third-order valence-electron chi connectivity index (χ3n) is 2.81. The predicted molar refractivity (Wildman–Crippen MR) is 70.7 cm³/mol.